The summed E-state index contributed by atoms with van der Waals surface area (Å²) in [5, 5.41) is 4.82. The molecule has 1 aliphatic rings. The summed E-state index contributed by atoms with van der Waals surface area (Å²) in [5.74, 6) is -0.412. The monoisotopic (exact) mass is 417 g/mol. The van der Waals surface area contributed by atoms with E-state index < -0.39 is 11.8 Å². The summed E-state index contributed by atoms with van der Waals surface area (Å²) < 4.78 is 0. The van der Waals surface area contributed by atoms with Crippen LogP contribution in [0.5, 0.6) is 0 Å². The Labute approximate surface area is 181 Å². The van der Waals surface area contributed by atoms with Crippen LogP contribution in [0.25, 0.3) is 10.8 Å². The Bertz CT molecular complexity index is 1130. The first kappa shape index (κ1) is 20.8. The van der Waals surface area contributed by atoms with E-state index >= 15 is 0 Å². The van der Waals surface area contributed by atoms with Crippen molar-refractivity contribution < 1.29 is 9.59 Å². The fraction of sp³-hybridized carbons (Fsp3) is 0.333. The van der Waals surface area contributed by atoms with Crippen molar-refractivity contribution >= 4 is 34.1 Å². The number of fused-ring (bicyclic) bond motifs is 1. The van der Waals surface area contributed by atoms with Crippen LogP contribution < -0.4 is 11.1 Å². The molecule has 4 rings (SSSR count). The maximum Gasteiger partial charge on any atom is 0.313 e. The number of nitrogens with two attached hydrogens (primary N) is 1. The predicted octanol–water partition coefficient (Wildman–Crippen LogP) is 3.71. The van der Waals surface area contributed by atoms with E-state index in [1.54, 1.807) is 17.2 Å². The SMILES string of the molecule is CCc1cc(NC(=O)C(=O)N2C[C@H](C)CC[C@H]2c2ccc3cnccc3c2)cnc1N. The highest BCUT2D eigenvalue weighted by Gasteiger charge is 2.34. The van der Waals surface area contributed by atoms with Crippen LogP contribution in [0.1, 0.15) is 43.9 Å². The van der Waals surface area contributed by atoms with Crippen molar-refractivity contribution in [3.8, 4) is 0 Å². The van der Waals surface area contributed by atoms with Crippen LogP contribution in [0.15, 0.2) is 48.9 Å². The van der Waals surface area contributed by atoms with E-state index in [0.717, 1.165) is 34.7 Å². The van der Waals surface area contributed by atoms with E-state index in [0.29, 0.717) is 30.4 Å². The fourth-order valence-electron chi connectivity index (χ4n) is 4.22. The van der Waals surface area contributed by atoms with Gasteiger partial charge in [-0.25, -0.2) is 4.98 Å². The van der Waals surface area contributed by atoms with Gasteiger partial charge >= 0.3 is 11.8 Å². The van der Waals surface area contributed by atoms with Gasteiger partial charge in [0.2, 0.25) is 0 Å². The van der Waals surface area contributed by atoms with Gasteiger partial charge in [-0.2, -0.15) is 0 Å². The van der Waals surface area contributed by atoms with E-state index in [1.807, 2.05) is 31.3 Å². The molecule has 0 unspecified atom stereocenters. The Kier molecular flexibility index (Phi) is 5.84. The Morgan fingerprint density at radius 1 is 1.16 bits per heavy atom. The fourth-order valence-corrected chi connectivity index (χ4v) is 4.22. The molecule has 7 heteroatoms. The second kappa shape index (κ2) is 8.71. The number of likely N-dealkylation sites (tertiary alicyclic amines) is 1. The summed E-state index contributed by atoms with van der Waals surface area (Å²) in [5.41, 5.74) is 8.19. The molecule has 1 aromatic carbocycles. The first-order valence-corrected chi connectivity index (χ1v) is 10.7. The van der Waals surface area contributed by atoms with Gasteiger partial charge in [0.15, 0.2) is 0 Å². The maximum absolute atomic E-state index is 13.2. The molecule has 0 radical (unpaired) electrons. The third-order valence-electron chi connectivity index (χ3n) is 5.96. The normalized spacial score (nSPS) is 18.7. The van der Waals surface area contributed by atoms with Crippen molar-refractivity contribution in [1.82, 2.24) is 14.9 Å². The molecule has 2 amide bonds. The lowest BCUT2D eigenvalue weighted by atomic mass is 9.89. The standard InChI is InChI=1S/C24H27N5O2/c1-3-16-11-20(13-27-22(16)25)28-23(30)24(31)29-14-15(2)4-7-21(29)18-5-6-19-12-26-9-8-17(19)10-18/h5-6,8-13,15,21H,3-4,7,14H2,1-2H3,(H2,25,27)(H,28,30)/t15-,21+/m1/s1. The summed E-state index contributed by atoms with van der Waals surface area (Å²) in [6.07, 6.45) is 7.58. The number of pyridine rings is 2. The molecule has 7 nitrogen and oxygen atoms in total. The topological polar surface area (TPSA) is 101 Å². The highest BCUT2D eigenvalue weighted by molar-refractivity contribution is 6.39. The first-order chi connectivity index (χ1) is 15.0. The molecule has 0 spiro atoms. The summed E-state index contributed by atoms with van der Waals surface area (Å²) >= 11 is 0. The minimum absolute atomic E-state index is 0.136. The Hall–Kier alpha value is -3.48. The number of nitrogens with one attached hydrogen (secondary N) is 1. The number of aromatic nitrogens is 2. The van der Waals surface area contributed by atoms with Gasteiger partial charge in [-0.05, 0) is 59.9 Å². The van der Waals surface area contributed by atoms with Crippen LogP contribution in [0, 0.1) is 5.92 Å². The van der Waals surface area contributed by atoms with Gasteiger partial charge in [0.1, 0.15) is 5.82 Å². The number of amides is 2. The number of anilines is 2. The smallest absolute Gasteiger partial charge is 0.313 e. The number of nitrogens with zero attached hydrogens (tertiary/aromatic N) is 3. The average Bonchev–Trinajstić information content (AvgIpc) is 2.79. The summed E-state index contributed by atoms with van der Waals surface area (Å²) in [7, 11) is 0. The van der Waals surface area contributed by atoms with Gasteiger partial charge in [-0.1, -0.05) is 26.0 Å². The number of aryl methyl sites for hydroxylation is 1. The largest absolute Gasteiger partial charge is 0.383 e. The molecule has 0 saturated carbocycles. The van der Waals surface area contributed by atoms with Crippen molar-refractivity contribution in [1.29, 1.82) is 0 Å². The van der Waals surface area contributed by atoms with Crippen LogP contribution in [-0.2, 0) is 16.0 Å². The number of piperidine rings is 1. The van der Waals surface area contributed by atoms with E-state index in [2.05, 4.69) is 28.3 Å². The minimum atomic E-state index is -0.655. The first-order valence-electron chi connectivity index (χ1n) is 10.7. The van der Waals surface area contributed by atoms with Crippen molar-refractivity contribution in [3.63, 3.8) is 0 Å². The zero-order valence-electron chi connectivity index (χ0n) is 17.8. The molecule has 2 atom stereocenters. The lowest BCUT2D eigenvalue weighted by molar-refractivity contribution is -0.146. The zero-order valence-corrected chi connectivity index (χ0v) is 17.8. The number of carbonyl (C=O) groups is 2. The van der Waals surface area contributed by atoms with E-state index in [4.69, 9.17) is 5.73 Å². The van der Waals surface area contributed by atoms with Gasteiger partial charge in [-0.15, -0.1) is 0 Å². The highest BCUT2D eigenvalue weighted by Crippen LogP contribution is 2.34. The summed E-state index contributed by atoms with van der Waals surface area (Å²) in [6, 6.07) is 9.73. The van der Waals surface area contributed by atoms with Crippen molar-refractivity contribution in [2.75, 3.05) is 17.6 Å². The molecule has 1 fully saturated rings. The molecule has 31 heavy (non-hydrogen) atoms. The van der Waals surface area contributed by atoms with Crippen molar-refractivity contribution in [2.24, 2.45) is 5.92 Å². The molecule has 0 bridgehead atoms. The molecule has 1 saturated heterocycles. The van der Waals surface area contributed by atoms with Crippen molar-refractivity contribution in [3.05, 3.63) is 60.0 Å². The maximum atomic E-state index is 13.2. The van der Waals surface area contributed by atoms with Crippen LogP contribution in [0.3, 0.4) is 0 Å². The molecule has 160 valence electrons. The van der Waals surface area contributed by atoms with Gasteiger partial charge < -0.3 is 16.0 Å². The second-order valence-electron chi connectivity index (χ2n) is 8.21. The average molecular weight is 418 g/mol. The quantitative estimate of drug-likeness (QED) is 0.633. The number of nitrogen functional groups attached to an aromatic ring is 1. The predicted molar refractivity (Wildman–Crippen MR) is 121 cm³/mol. The third-order valence-corrected chi connectivity index (χ3v) is 5.96. The molecule has 3 heterocycles. The van der Waals surface area contributed by atoms with Crippen LogP contribution in [-0.4, -0.2) is 33.2 Å². The molecular weight excluding hydrogens is 390 g/mol. The van der Waals surface area contributed by atoms with Gasteiger partial charge in [0.05, 0.1) is 17.9 Å². The number of hydrogen-bond acceptors (Lipinski definition) is 5. The van der Waals surface area contributed by atoms with E-state index in [1.165, 1.54) is 6.20 Å². The van der Waals surface area contributed by atoms with E-state index in [-0.39, 0.29) is 6.04 Å². The van der Waals surface area contributed by atoms with Crippen LogP contribution in [0.2, 0.25) is 0 Å². The molecule has 0 aliphatic carbocycles. The lowest BCUT2D eigenvalue weighted by Gasteiger charge is -2.38. The van der Waals surface area contributed by atoms with Crippen molar-refractivity contribution in [2.45, 2.75) is 39.2 Å². The highest BCUT2D eigenvalue weighted by atomic mass is 16.2. The summed E-state index contributed by atoms with van der Waals surface area (Å²) in [6.45, 7) is 4.62. The second-order valence-corrected chi connectivity index (χ2v) is 8.21. The number of carbonyl (C=O) groups excluding carboxylic acids is 2. The Balaban J connectivity index is 1.58. The summed E-state index contributed by atoms with van der Waals surface area (Å²) in [4.78, 5) is 36.0. The zero-order chi connectivity index (χ0) is 22.0. The molecule has 3 aromatic rings. The number of rotatable bonds is 3. The molecule has 2 aromatic heterocycles. The van der Waals surface area contributed by atoms with Gasteiger partial charge in [-0.3, -0.25) is 14.6 Å². The molecular formula is C24H27N5O2. The van der Waals surface area contributed by atoms with Crippen LogP contribution >= 0.6 is 0 Å². The molecule has 3 N–H and O–H groups in total. The Morgan fingerprint density at radius 2 is 2.00 bits per heavy atom. The van der Waals surface area contributed by atoms with Gasteiger partial charge in [0.25, 0.3) is 0 Å². The van der Waals surface area contributed by atoms with Crippen LogP contribution in [0.4, 0.5) is 11.5 Å². The van der Waals surface area contributed by atoms with Gasteiger partial charge in [0, 0.05) is 24.3 Å². The lowest BCUT2D eigenvalue weighted by Crippen LogP contribution is -2.46. The third kappa shape index (κ3) is 4.35. The Morgan fingerprint density at radius 3 is 2.81 bits per heavy atom. The minimum Gasteiger partial charge on any atom is -0.383 e. The molecule has 1 aliphatic heterocycles. The van der Waals surface area contributed by atoms with E-state index in [9.17, 15) is 9.59 Å². The number of hydrogen-bond donors (Lipinski definition) is 2. The number of benzene rings is 1.